The van der Waals surface area contributed by atoms with Crippen molar-refractivity contribution in [3.8, 4) is 0 Å². The zero-order chi connectivity index (χ0) is 10.8. The summed E-state index contributed by atoms with van der Waals surface area (Å²) in [6.45, 7) is 12.2. The molecule has 2 saturated heterocycles. The van der Waals surface area contributed by atoms with Crippen LogP contribution < -0.4 is 5.32 Å². The van der Waals surface area contributed by atoms with E-state index in [4.69, 9.17) is 0 Å². The molecule has 3 atom stereocenters. The SMILES string of the molecule is CC1CN(C[C@@H]2CNC[C@H]2C)CCN1C. The predicted molar refractivity (Wildman–Crippen MR) is 64.1 cm³/mol. The highest BCUT2D eigenvalue weighted by Crippen LogP contribution is 2.18. The first-order valence-corrected chi connectivity index (χ1v) is 6.30. The Bertz CT molecular complexity index is 207. The summed E-state index contributed by atoms with van der Waals surface area (Å²) >= 11 is 0. The van der Waals surface area contributed by atoms with Gasteiger partial charge in [-0.1, -0.05) is 6.92 Å². The highest BCUT2D eigenvalue weighted by Gasteiger charge is 2.27. The summed E-state index contributed by atoms with van der Waals surface area (Å²) in [6, 6.07) is 0.725. The maximum Gasteiger partial charge on any atom is 0.0192 e. The Morgan fingerprint density at radius 2 is 2.00 bits per heavy atom. The first-order valence-electron chi connectivity index (χ1n) is 6.30. The Morgan fingerprint density at radius 3 is 2.60 bits per heavy atom. The molecule has 1 unspecified atom stereocenters. The molecule has 0 spiro atoms. The van der Waals surface area contributed by atoms with Crippen LogP contribution in [0.4, 0.5) is 0 Å². The fraction of sp³-hybridized carbons (Fsp3) is 1.00. The minimum Gasteiger partial charge on any atom is -0.316 e. The van der Waals surface area contributed by atoms with E-state index in [9.17, 15) is 0 Å². The van der Waals surface area contributed by atoms with Gasteiger partial charge in [0.05, 0.1) is 0 Å². The quantitative estimate of drug-likeness (QED) is 0.717. The molecule has 0 aliphatic carbocycles. The van der Waals surface area contributed by atoms with E-state index in [1.807, 2.05) is 0 Å². The molecule has 0 aromatic heterocycles. The molecule has 0 bridgehead atoms. The summed E-state index contributed by atoms with van der Waals surface area (Å²) < 4.78 is 0. The fourth-order valence-electron chi connectivity index (χ4n) is 2.73. The topological polar surface area (TPSA) is 18.5 Å². The maximum atomic E-state index is 3.49. The summed E-state index contributed by atoms with van der Waals surface area (Å²) in [7, 11) is 2.24. The molecule has 88 valence electrons. The van der Waals surface area contributed by atoms with E-state index in [2.05, 4.69) is 36.0 Å². The lowest BCUT2D eigenvalue weighted by molar-refractivity contribution is 0.0897. The zero-order valence-electron chi connectivity index (χ0n) is 10.4. The van der Waals surface area contributed by atoms with Gasteiger partial charge in [-0.05, 0) is 38.9 Å². The van der Waals surface area contributed by atoms with Crippen LogP contribution in [-0.2, 0) is 0 Å². The number of hydrogen-bond acceptors (Lipinski definition) is 3. The lowest BCUT2D eigenvalue weighted by Gasteiger charge is -2.39. The summed E-state index contributed by atoms with van der Waals surface area (Å²) in [5, 5.41) is 3.49. The normalized spacial score (nSPS) is 39.8. The van der Waals surface area contributed by atoms with Gasteiger partial charge in [-0.15, -0.1) is 0 Å². The summed E-state index contributed by atoms with van der Waals surface area (Å²) in [4.78, 5) is 5.12. The second-order valence-electron chi connectivity index (χ2n) is 5.48. The van der Waals surface area contributed by atoms with E-state index in [1.54, 1.807) is 0 Å². The van der Waals surface area contributed by atoms with E-state index < -0.39 is 0 Å². The van der Waals surface area contributed by atoms with Crippen molar-refractivity contribution in [1.82, 2.24) is 15.1 Å². The van der Waals surface area contributed by atoms with Crippen molar-refractivity contribution in [2.45, 2.75) is 19.9 Å². The van der Waals surface area contributed by atoms with Crippen molar-refractivity contribution in [2.75, 3.05) is 46.3 Å². The predicted octanol–water partition coefficient (Wildman–Crippen LogP) is 0.478. The van der Waals surface area contributed by atoms with E-state index in [0.29, 0.717) is 0 Å². The maximum absolute atomic E-state index is 3.49. The largest absolute Gasteiger partial charge is 0.316 e. The van der Waals surface area contributed by atoms with Gasteiger partial charge in [-0.3, -0.25) is 0 Å². The van der Waals surface area contributed by atoms with Crippen LogP contribution in [-0.4, -0.2) is 62.2 Å². The van der Waals surface area contributed by atoms with Crippen LogP contribution in [0.15, 0.2) is 0 Å². The van der Waals surface area contributed by atoms with Crippen molar-refractivity contribution in [3.63, 3.8) is 0 Å². The third-order valence-electron chi connectivity index (χ3n) is 4.21. The van der Waals surface area contributed by atoms with E-state index >= 15 is 0 Å². The molecule has 2 rings (SSSR count). The molecule has 3 heteroatoms. The minimum absolute atomic E-state index is 0.725. The molecule has 1 N–H and O–H groups in total. The Kier molecular flexibility index (Phi) is 3.65. The number of likely N-dealkylation sites (N-methyl/N-ethyl adjacent to an activating group) is 1. The highest BCUT2D eigenvalue weighted by molar-refractivity contribution is 4.84. The molecule has 0 aromatic carbocycles. The van der Waals surface area contributed by atoms with Crippen LogP contribution in [0.1, 0.15) is 13.8 Å². The molecule has 0 aromatic rings. The van der Waals surface area contributed by atoms with Gasteiger partial charge in [0, 0.05) is 32.2 Å². The Labute approximate surface area is 93.8 Å². The molecule has 15 heavy (non-hydrogen) atoms. The first-order chi connectivity index (χ1) is 7.16. The van der Waals surface area contributed by atoms with Crippen LogP contribution in [0.25, 0.3) is 0 Å². The average Bonchev–Trinajstić information content (AvgIpc) is 2.59. The Balaban J connectivity index is 1.80. The fourth-order valence-corrected chi connectivity index (χ4v) is 2.73. The number of rotatable bonds is 2. The standard InChI is InChI=1S/C12H25N3/c1-10-6-13-7-12(10)9-15-5-4-14(3)11(2)8-15/h10-13H,4-9H2,1-3H3/t10-,11?,12+/m1/s1. The van der Waals surface area contributed by atoms with Gasteiger partial charge in [0.2, 0.25) is 0 Å². The summed E-state index contributed by atoms with van der Waals surface area (Å²) in [5.74, 6) is 1.74. The van der Waals surface area contributed by atoms with Crippen molar-refractivity contribution >= 4 is 0 Å². The molecule has 0 radical (unpaired) electrons. The van der Waals surface area contributed by atoms with Crippen molar-refractivity contribution in [1.29, 1.82) is 0 Å². The molecule has 2 aliphatic heterocycles. The van der Waals surface area contributed by atoms with E-state index in [0.717, 1.165) is 17.9 Å². The monoisotopic (exact) mass is 211 g/mol. The van der Waals surface area contributed by atoms with Crippen molar-refractivity contribution < 1.29 is 0 Å². The molecule has 2 heterocycles. The smallest absolute Gasteiger partial charge is 0.0192 e. The second-order valence-corrected chi connectivity index (χ2v) is 5.48. The third kappa shape index (κ3) is 2.71. The zero-order valence-corrected chi connectivity index (χ0v) is 10.4. The summed E-state index contributed by atoms with van der Waals surface area (Å²) in [6.07, 6.45) is 0. The summed E-state index contributed by atoms with van der Waals surface area (Å²) in [5.41, 5.74) is 0. The molecule has 3 nitrogen and oxygen atoms in total. The number of hydrogen-bond donors (Lipinski definition) is 1. The third-order valence-corrected chi connectivity index (χ3v) is 4.21. The van der Waals surface area contributed by atoms with Gasteiger partial charge in [0.25, 0.3) is 0 Å². The van der Waals surface area contributed by atoms with Gasteiger partial charge in [0.1, 0.15) is 0 Å². The molecule has 0 saturated carbocycles. The van der Waals surface area contributed by atoms with E-state index in [1.165, 1.54) is 39.3 Å². The lowest BCUT2D eigenvalue weighted by Crippen LogP contribution is -2.51. The Hall–Kier alpha value is -0.120. The molecule has 2 aliphatic rings. The van der Waals surface area contributed by atoms with E-state index in [-0.39, 0.29) is 0 Å². The Morgan fingerprint density at radius 1 is 1.20 bits per heavy atom. The van der Waals surface area contributed by atoms with Crippen molar-refractivity contribution in [3.05, 3.63) is 0 Å². The number of nitrogens with one attached hydrogen (secondary N) is 1. The van der Waals surface area contributed by atoms with Crippen LogP contribution in [0, 0.1) is 11.8 Å². The van der Waals surface area contributed by atoms with Gasteiger partial charge >= 0.3 is 0 Å². The lowest BCUT2D eigenvalue weighted by atomic mass is 9.97. The van der Waals surface area contributed by atoms with Crippen LogP contribution in [0.3, 0.4) is 0 Å². The van der Waals surface area contributed by atoms with Gasteiger partial charge < -0.3 is 15.1 Å². The minimum atomic E-state index is 0.725. The van der Waals surface area contributed by atoms with Gasteiger partial charge in [-0.2, -0.15) is 0 Å². The van der Waals surface area contributed by atoms with Gasteiger partial charge in [-0.25, -0.2) is 0 Å². The van der Waals surface area contributed by atoms with Crippen LogP contribution in [0.2, 0.25) is 0 Å². The number of nitrogens with zero attached hydrogens (tertiary/aromatic N) is 2. The molecule has 0 amide bonds. The number of piperazine rings is 1. The molecular formula is C12H25N3. The van der Waals surface area contributed by atoms with Crippen LogP contribution >= 0.6 is 0 Å². The molecule has 2 fully saturated rings. The van der Waals surface area contributed by atoms with Crippen LogP contribution in [0.5, 0.6) is 0 Å². The van der Waals surface area contributed by atoms with Crippen molar-refractivity contribution in [2.24, 2.45) is 11.8 Å². The molecular weight excluding hydrogens is 186 g/mol. The average molecular weight is 211 g/mol. The first kappa shape index (κ1) is 11.4. The van der Waals surface area contributed by atoms with Gasteiger partial charge in [0.15, 0.2) is 0 Å². The second kappa shape index (κ2) is 4.81. The highest BCUT2D eigenvalue weighted by atomic mass is 15.3.